The zero-order valence-corrected chi connectivity index (χ0v) is 7.52. The van der Waals surface area contributed by atoms with Gasteiger partial charge in [0.05, 0.1) is 0 Å². The molecule has 0 aromatic heterocycles. The Morgan fingerprint density at radius 3 is 2.21 bits per heavy atom. The van der Waals surface area contributed by atoms with Crippen LogP contribution in [0.3, 0.4) is 0 Å². The molecule has 0 radical (unpaired) electrons. The summed E-state index contributed by atoms with van der Waals surface area (Å²) in [6.45, 7) is 0. The van der Waals surface area contributed by atoms with Gasteiger partial charge in [0.15, 0.2) is 0 Å². The molecule has 1 amide bonds. The lowest BCUT2D eigenvalue weighted by atomic mass is 10.6. The first kappa shape index (κ1) is 10.7. The number of allylic oxidation sites excluding steroid dienone is 2. The molecule has 0 saturated heterocycles. The molecule has 76 valence electrons. The lowest BCUT2D eigenvalue weighted by Gasteiger charge is -2.23. The molecule has 0 spiro atoms. The van der Waals surface area contributed by atoms with Crippen molar-refractivity contribution in [2.24, 2.45) is 0 Å². The van der Waals surface area contributed by atoms with Crippen LogP contribution in [0.5, 0.6) is 0 Å². The summed E-state index contributed by atoms with van der Waals surface area (Å²) in [6, 6.07) is 0. The van der Waals surface area contributed by atoms with Gasteiger partial charge >= 0.3 is 12.1 Å². The van der Waals surface area contributed by atoms with E-state index in [4.69, 9.17) is 5.26 Å². The van der Waals surface area contributed by atoms with Crippen molar-refractivity contribution < 1.29 is 18.0 Å². The molecule has 3 nitrogen and oxygen atoms in total. The molecule has 0 atom stereocenters. The van der Waals surface area contributed by atoms with Crippen LogP contribution in [0.15, 0.2) is 23.0 Å². The summed E-state index contributed by atoms with van der Waals surface area (Å²) in [5, 5.41) is 12.8. The number of rotatable bonds is 1. The summed E-state index contributed by atoms with van der Waals surface area (Å²) in [5.74, 6) is -2.09. The molecule has 0 aliphatic carbocycles. The molecule has 1 aliphatic rings. The quantitative estimate of drug-likeness (QED) is 0.689. The van der Waals surface area contributed by atoms with Crippen LogP contribution in [0.25, 0.3) is 0 Å². The second kappa shape index (κ2) is 3.38. The maximum Gasteiger partial charge on any atom is 0.472 e. The van der Waals surface area contributed by atoms with E-state index in [9.17, 15) is 18.0 Å². The average Bonchev–Trinajstić information content (AvgIpc) is 2.52. The maximum absolute atomic E-state index is 11.9. The van der Waals surface area contributed by atoms with E-state index in [0.29, 0.717) is 0 Å². The Balaban J connectivity index is 2.79. The highest BCUT2D eigenvalue weighted by Crippen LogP contribution is 2.49. The van der Waals surface area contributed by atoms with E-state index in [2.05, 4.69) is 0 Å². The van der Waals surface area contributed by atoms with Gasteiger partial charge in [-0.05, 0) is 21.0 Å². The number of hydrogen-bond acceptors (Lipinski definition) is 2. The maximum atomic E-state index is 11.9. The molecular weight excluding hydrogens is 217 g/mol. The number of nitrogens with zero attached hydrogens (tertiary/aromatic N) is 1. The van der Waals surface area contributed by atoms with Crippen LogP contribution in [-0.2, 0) is 4.79 Å². The van der Waals surface area contributed by atoms with Crippen molar-refractivity contribution in [3.8, 4) is 5.40 Å². The van der Waals surface area contributed by atoms with E-state index in [1.165, 1.54) is 23.0 Å². The molecule has 1 rings (SSSR count). The summed E-state index contributed by atoms with van der Waals surface area (Å²) in [4.78, 5) is 10.6. The minimum Gasteiger partial charge on any atom is -0.292 e. The third kappa shape index (κ3) is 2.09. The molecule has 1 aliphatic heterocycles. The Morgan fingerprint density at radius 2 is 1.86 bits per heavy atom. The van der Waals surface area contributed by atoms with Crippen molar-refractivity contribution in [3.63, 3.8) is 0 Å². The topological polar surface area (TPSA) is 52.9 Å². The van der Waals surface area contributed by atoms with Gasteiger partial charge in [-0.2, -0.15) is 18.4 Å². The smallest absolute Gasteiger partial charge is 0.292 e. The van der Waals surface area contributed by atoms with Gasteiger partial charge in [-0.15, -0.1) is 0 Å². The summed E-state index contributed by atoms with van der Waals surface area (Å²) in [6.07, 6.45) is -2.11. The molecule has 0 aromatic carbocycles. The van der Waals surface area contributed by atoms with Gasteiger partial charge < -0.3 is 0 Å². The number of amides is 1. The van der Waals surface area contributed by atoms with Crippen molar-refractivity contribution >= 4 is 16.1 Å². The number of alkyl halides is 3. The number of nitriles is 1. The molecule has 7 heteroatoms. The van der Waals surface area contributed by atoms with E-state index in [-0.39, 0.29) is 0 Å². The highest BCUT2D eigenvalue weighted by atomic mass is 32.3. The molecule has 1 N–H and O–H groups in total. The SMILES string of the molecule is N#CS1(NC(=O)C(F)(F)F)C=CC=C1. The van der Waals surface area contributed by atoms with Crippen molar-refractivity contribution in [2.75, 3.05) is 0 Å². The van der Waals surface area contributed by atoms with Gasteiger partial charge in [-0.25, -0.2) is 0 Å². The fraction of sp³-hybridized carbons (Fsp3) is 0.143. The van der Waals surface area contributed by atoms with Crippen LogP contribution in [0.1, 0.15) is 0 Å². The van der Waals surface area contributed by atoms with Gasteiger partial charge in [-0.1, -0.05) is 12.2 Å². The zero-order valence-electron chi connectivity index (χ0n) is 6.71. The van der Waals surface area contributed by atoms with Crippen molar-refractivity contribution in [1.82, 2.24) is 4.72 Å². The highest BCUT2D eigenvalue weighted by Gasteiger charge is 2.41. The first-order valence-electron chi connectivity index (χ1n) is 3.37. The molecule has 0 saturated carbocycles. The Morgan fingerprint density at radius 1 is 1.36 bits per heavy atom. The van der Waals surface area contributed by atoms with E-state index >= 15 is 0 Å². The predicted octanol–water partition coefficient (Wildman–Crippen LogP) is 1.91. The van der Waals surface area contributed by atoms with Gasteiger partial charge in [0, 0.05) is 0 Å². The number of halogens is 3. The molecular formula is C7H5F3N2OS. The summed E-state index contributed by atoms with van der Waals surface area (Å²) in [7, 11) is -2.56. The van der Waals surface area contributed by atoms with E-state index < -0.39 is 22.3 Å². The van der Waals surface area contributed by atoms with E-state index in [1.807, 2.05) is 0 Å². The molecule has 1 heterocycles. The second-order valence-corrected chi connectivity index (χ2v) is 4.74. The number of hydrogen-bond donors (Lipinski definition) is 1. The fourth-order valence-electron chi connectivity index (χ4n) is 0.747. The number of nitrogens with one attached hydrogen (secondary N) is 1. The largest absolute Gasteiger partial charge is 0.472 e. The molecule has 14 heavy (non-hydrogen) atoms. The second-order valence-electron chi connectivity index (χ2n) is 2.39. The monoisotopic (exact) mass is 222 g/mol. The minimum atomic E-state index is -4.96. The predicted molar refractivity (Wildman–Crippen MR) is 45.7 cm³/mol. The third-order valence-electron chi connectivity index (χ3n) is 1.37. The van der Waals surface area contributed by atoms with E-state index in [1.54, 1.807) is 10.1 Å². The van der Waals surface area contributed by atoms with Crippen LogP contribution >= 0.6 is 10.2 Å². The van der Waals surface area contributed by atoms with Crippen LogP contribution < -0.4 is 4.72 Å². The lowest BCUT2D eigenvalue weighted by molar-refractivity contribution is -0.171. The third-order valence-corrected chi connectivity index (χ3v) is 3.37. The first-order chi connectivity index (χ1) is 6.40. The number of thiocyanates is 1. The van der Waals surface area contributed by atoms with Crippen LogP contribution in [0.4, 0.5) is 13.2 Å². The van der Waals surface area contributed by atoms with Crippen molar-refractivity contribution in [2.45, 2.75) is 6.18 Å². The Hall–Kier alpha value is -1.42. The van der Waals surface area contributed by atoms with Gasteiger partial charge in [-0.3, -0.25) is 9.52 Å². The first-order valence-corrected chi connectivity index (χ1v) is 5.13. The van der Waals surface area contributed by atoms with Gasteiger partial charge in [0.2, 0.25) is 0 Å². The van der Waals surface area contributed by atoms with Crippen LogP contribution in [0.2, 0.25) is 0 Å². The minimum absolute atomic E-state index is 1.26. The zero-order chi connectivity index (χ0) is 10.8. The van der Waals surface area contributed by atoms with Gasteiger partial charge in [0.25, 0.3) is 0 Å². The summed E-state index contributed by atoms with van der Waals surface area (Å²) < 4.78 is 37.2. The molecule has 0 aromatic rings. The van der Waals surface area contributed by atoms with Crippen molar-refractivity contribution in [3.05, 3.63) is 23.0 Å². The van der Waals surface area contributed by atoms with Crippen LogP contribution in [0, 0.1) is 10.7 Å². The van der Waals surface area contributed by atoms with Gasteiger partial charge in [0.1, 0.15) is 5.40 Å². The fourth-order valence-corrected chi connectivity index (χ4v) is 2.24. The van der Waals surface area contributed by atoms with Crippen LogP contribution in [-0.4, -0.2) is 12.1 Å². The molecule has 0 unspecified atom stereocenters. The van der Waals surface area contributed by atoms with E-state index in [0.717, 1.165) is 0 Å². The Labute approximate surface area is 79.3 Å². The average molecular weight is 222 g/mol. The summed E-state index contributed by atoms with van der Waals surface area (Å²) in [5.41, 5.74) is 0. The molecule has 0 fully saturated rings. The van der Waals surface area contributed by atoms with Crippen molar-refractivity contribution in [1.29, 1.82) is 5.26 Å². The summed E-state index contributed by atoms with van der Waals surface area (Å²) >= 11 is 0. The standard InChI is InChI=1S/C7H5F3N2OS/c8-7(9,10)6(13)12-14(5-11)3-1-2-4-14/h1-4H,(H,12,13). The molecule has 0 bridgehead atoms. The lowest BCUT2D eigenvalue weighted by Crippen LogP contribution is -2.36. The Kier molecular flexibility index (Phi) is 2.57. The normalized spacial score (nSPS) is 20.1. The Bertz CT molecular complexity index is 341. The number of carbonyl (C=O) groups excluding carboxylic acids is 1. The highest BCUT2D eigenvalue weighted by molar-refractivity contribution is 8.40. The number of carbonyl (C=O) groups is 1.